The van der Waals surface area contributed by atoms with Crippen molar-refractivity contribution in [3.05, 3.63) is 0 Å². The maximum atomic E-state index is 8.78. The van der Waals surface area contributed by atoms with Crippen LogP contribution in [0.1, 0.15) is 12.8 Å². The third-order valence-corrected chi connectivity index (χ3v) is 2.01. The fourth-order valence-corrected chi connectivity index (χ4v) is 1.22. The van der Waals surface area contributed by atoms with Crippen molar-refractivity contribution in [2.75, 3.05) is 6.61 Å². The molecule has 1 unspecified atom stereocenters. The van der Waals surface area contributed by atoms with Crippen LogP contribution < -0.4 is 5.73 Å². The first-order valence-electron chi connectivity index (χ1n) is 3.28. The molecular formula is C6H13NO2. The summed E-state index contributed by atoms with van der Waals surface area (Å²) in [4.78, 5) is 0. The van der Waals surface area contributed by atoms with Crippen LogP contribution in [0.15, 0.2) is 0 Å². The molecule has 1 aliphatic rings. The van der Waals surface area contributed by atoms with Crippen LogP contribution in [0.25, 0.3) is 0 Å². The Labute approximate surface area is 54.5 Å². The molecule has 3 heteroatoms. The lowest BCUT2D eigenvalue weighted by Crippen LogP contribution is -2.40. The van der Waals surface area contributed by atoms with Crippen LogP contribution in [-0.2, 0) is 0 Å². The van der Waals surface area contributed by atoms with Gasteiger partial charge in [-0.15, -0.1) is 0 Å². The van der Waals surface area contributed by atoms with Gasteiger partial charge in [0.2, 0.25) is 0 Å². The number of rotatable bonds is 2. The van der Waals surface area contributed by atoms with Gasteiger partial charge in [-0.3, -0.25) is 0 Å². The first-order chi connectivity index (χ1) is 4.24. The number of nitrogens with two attached hydrogens (primary N) is 1. The summed E-state index contributed by atoms with van der Waals surface area (Å²) in [6, 6.07) is 0. The van der Waals surface area contributed by atoms with Gasteiger partial charge in [-0.2, -0.15) is 0 Å². The smallest absolute Gasteiger partial charge is 0.105 e. The van der Waals surface area contributed by atoms with Crippen molar-refractivity contribution in [1.82, 2.24) is 0 Å². The Bertz CT molecular complexity index is 89.1. The van der Waals surface area contributed by atoms with Gasteiger partial charge in [-0.25, -0.2) is 0 Å². The van der Waals surface area contributed by atoms with E-state index in [1.165, 1.54) is 0 Å². The zero-order chi connectivity index (χ0) is 6.85. The van der Waals surface area contributed by atoms with Gasteiger partial charge in [-0.1, -0.05) is 0 Å². The van der Waals surface area contributed by atoms with E-state index in [0.717, 1.165) is 12.8 Å². The van der Waals surface area contributed by atoms with Crippen LogP contribution in [-0.4, -0.2) is 23.0 Å². The lowest BCUT2D eigenvalue weighted by molar-refractivity contribution is 0.0106. The molecule has 0 aromatic rings. The van der Waals surface area contributed by atoms with Gasteiger partial charge in [0.1, 0.15) is 6.23 Å². The lowest BCUT2D eigenvalue weighted by atomic mass is 9.74. The fraction of sp³-hybridized carbons (Fsp3) is 1.00. The summed E-state index contributed by atoms with van der Waals surface area (Å²) in [7, 11) is 0. The summed E-state index contributed by atoms with van der Waals surface area (Å²) in [5.74, 6) is 0.635. The molecule has 9 heavy (non-hydrogen) atoms. The molecule has 0 aromatic carbocycles. The molecule has 0 aromatic heterocycles. The molecule has 0 heterocycles. The van der Waals surface area contributed by atoms with Gasteiger partial charge in [0, 0.05) is 6.61 Å². The van der Waals surface area contributed by atoms with Crippen molar-refractivity contribution in [3.63, 3.8) is 0 Å². The Balaban J connectivity index is 2.12. The van der Waals surface area contributed by atoms with E-state index < -0.39 is 6.23 Å². The monoisotopic (exact) mass is 131 g/mol. The third-order valence-electron chi connectivity index (χ3n) is 2.01. The second-order valence-electron chi connectivity index (χ2n) is 2.77. The fourth-order valence-electron chi connectivity index (χ4n) is 1.22. The summed E-state index contributed by atoms with van der Waals surface area (Å²) < 4.78 is 0. The predicted octanol–water partition coefficient (Wildman–Crippen LogP) is -0.718. The first-order valence-corrected chi connectivity index (χ1v) is 3.28. The van der Waals surface area contributed by atoms with E-state index in [1.807, 2.05) is 0 Å². The standard InChI is InChI=1S/C6H13NO2/c7-6(9)5-1-4(2-5)3-8/h4-6,8-9H,1-3,7H2. The Kier molecular flexibility index (Phi) is 2.05. The van der Waals surface area contributed by atoms with Gasteiger partial charge >= 0.3 is 0 Å². The minimum absolute atomic E-state index is 0.238. The molecule has 54 valence electrons. The van der Waals surface area contributed by atoms with Crippen LogP contribution in [0.5, 0.6) is 0 Å². The number of aliphatic hydroxyl groups excluding tert-OH is 2. The molecule has 0 radical (unpaired) electrons. The average molecular weight is 131 g/mol. The summed E-state index contributed by atoms with van der Waals surface area (Å²) >= 11 is 0. The summed E-state index contributed by atoms with van der Waals surface area (Å²) in [6.45, 7) is 0.239. The van der Waals surface area contributed by atoms with E-state index in [0.29, 0.717) is 5.92 Å². The molecule has 1 saturated carbocycles. The van der Waals surface area contributed by atoms with Crippen LogP contribution in [0.3, 0.4) is 0 Å². The summed E-state index contributed by atoms with van der Waals surface area (Å²) in [5.41, 5.74) is 5.19. The first kappa shape index (κ1) is 6.99. The number of hydrogen-bond donors (Lipinski definition) is 3. The number of hydrogen-bond acceptors (Lipinski definition) is 3. The van der Waals surface area contributed by atoms with Crippen molar-refractivity contribution in [2.45, 2.75) is 19.1 Å². The zero-order valence-electron chi connectivity index (χ0n) is 5.33. The van der Waals surface area contributed by atoms with E-state index in [-0.39, 0.29) is 12.5 Å². The van der Waals surface area contributed by atoms with Gasteiger partial charge in [0.15, 0.2) is 0 Å². The highest BCUT2D eigenvalue weighted by atomic mass is 16.3. The molecule has 0 saturated heterocycles. The minimum atomic E-state index is -0.673. The molecule has 0 bridgehead atoms. The van der Waals surface area contributed by atoms with Crippen molar-refractivity contribution in [3.8, 4) is 0 Å². The Hall–Kier alpha value is -0.120. The Morgan fingerprint density at radius 1 is 1.56 bits per heavy atom. The second kappa shape index (κ2) is 2.64. The van der Waals surface area contributed by atoms with E-state index in [4.69, 9.17) is 15.9 Å². The van der Waals surface area contributed by atoms with Gasteiger partial charge < -0.3 is 15.9 Å². The largest absolute Gasteiger partial charge is 0.396 e. The third kappa shape index (κ3) is 1.41. The molecule has 0 spiro atoms. The summed E-state index contributed by atoms with van der Waals surface area (Å²) in [5, 5.41) is 17.3. The molecule has 1 fully saturated rings. The van der Waals surface area contributed by atoms with Crippen molar-refractivity contribution in [1.29, 1.82) is 0 Å². The van der Waals surface area contributed by atoms with Crippen molar-refractivity contribution in [2.24, 2.45) is 17.6 Å². The predicted molar refractivity (Wildman–Crippen MR) is 33.5 cm³/mol. The average Bonchev–Trinajstić information content (AvgIpc) is 1.61. The Morgan fingerprint density at radius 3 is 2.44 bits per heavy atom. The van der Waals surface area contributed by atoms with Crippen molar-refractivity contribution >= 4 is 0 Å². The van der Waals surface area contributed by atoms with Gasteiger partial charge in [0.25, 0.3) is 0 Å². The maximum absolute atomic E-state index is 8.78. The van der Waals surface area contributed by atoms with E-state index in [9.17, 15) is 0 Å². The molecule has 0 aliphatic heterocycles. The maximum Gasteiger partial charge on any atom is 0.105 e. The van der Waals surface area contributed by atoms with E-state index in [1.54, 1.807) is 0 Å². The quantitative estimate of drug-likeness (QED) is 0.433. The molecule has 1 aliphatic carbocycles. The zero-order valence-corrected chi connectivity index (χ0v) is 5.33. The van der Waals surface area contributed by atoms with E-state index >= 15 is 0 Å². The highest BCUT2D eigenvalue weighted by molar-refractivity contribution is 4.81. The van der Waals surface area contributed by atoms with Gasteiger partial charge in [0.05, 0.1) is 0 Å². The SMILES string of the molecule is NC(O)C1CC(CO)C1. The second-order valence-corrected chi connectivity index (χ2v) is 2.77. The summed E-state index contributed by atoms with van der Waals surface area (Å²) in [6.07, 6.45) is 1.09. The molecule has 4 N–H and O–H groups in total. The normalized spacial score (nSPS) is 37.7. The van der Waals surface area contributed by atoms with Crippen LogP contribution in [0.2, 0.25) is 0 Å². The molecule has 0 amide bonds. The van der Waals surface area contributed by atoms with Gasteiger partial charge in [-0.05, 0) is 24.7 Å². The van der Waals surface area contributed by atoms with Crippen LogP contribution in [0, 0.1) is 11.8 Å². The lowest BCUT2D eigenvalue weighted by Gasteiger charge is -2.35. The van der Waals surface area contributed by atoms with E-state index in [2.05, 4.69) is 0 Å². The van der Waals surface area contributed by atoms with Crippen LogP contribution in [0.4, 0.5) is 0 Å². The highest BCUT2D eigenvalue weighted by Gasteiger charge is 2.31. The number of aliphatic hydroxyl groups is 2. The minimum Gasteiger partial charge on any atom is -0.396 e. The molecule has 1 atom stereocenters. The highest BCUT2D eigenvalue weighted by Crippen LogP contribution is 2.33. The molecule has 1 rings (SSSR count). The van der Waals surface area contributed by atoms with Crippen LogP contribution >= 0.6 is 0 Å². The Morgan fingerprint density at radius 2 is 2.11 bits per heavy atom. The molecular weight excluding hydrogens is 118 g/mol. The topological polar surface area (TPSA) is 66.5 Å². The van der Waals surface area contributed by atoms with Crippen molar-refractivity contribution < 1.29 is 10.2 Å². The molecule has 3 nitrogen and oxygen atoms in total.